The third kappa shape index (κ3) is 2.77. The summed E-state index contributed by atoms with van der Waals surface area (Å²) in [5.74, 6) is 1.35. The average Bonchev–Trinajstić information content (AvgIpc) is 2.36. The van der Waals surface area contributed by atoms with E-state index in [2.05, 4.69) is 26.2 Å². The molecule has 2 aromatic rings. The molecule has 0 aliphatic rings. The number of rotatable bonds is 3. The van der Waals surface area contributed by atoms with Gasteiger partial charge in [0.2, 0.25) is 5.88 Å². The molecule has 1 N–H and O–H groups in total. The normalized spacial score (nSPS) is 10.1. The summed E-state index contributed by atoms with van der Waals surface area (Å²) in [5, 5.41) is 3.06. The highest BCUT2D eigenvalue weighted by atomic mass is 79.9. The summed E-state index contributed by atoms with van der Waals surface area (Å²) in [7, 11) is 1.88. The Morgan fingerprint density at radius 3 is 2.53 bits per heavy atom. The molecule has 0 radical (unpaired) electrons. The molecule has 0 aliphatic heterocycles. The van der Waals surface area contributed by atoms with E-state index in [1.807, 2.05) is 44.3 Å². The highest BCUT2D eigenvalue weighted by Crippen LogP contribution is 2.30. The zero-order chi connectivity index (χ0) is 12.3. The van der Waals surface area contributed by atoms with Crippen LogP contribution in [0, 0.1) is 6.92 Å². The third-order valence-corrected chi connectivity index (χ3v) is 3.37. The van der Waals surface area contributed by atoms with Crippen LogP contribution < -0.4 is 10.1 Å². The van der Waals surface area contributed by atoms with E-state index in [4.69, 9.17) is 4.74 Å². The van der Waals surface area contributed by atoms with E-state index in [0.29, 0.717) is 5.88 Å². The maximum Gasteiger partial charge on any atom is 0.233 e. The van der Waals surface area contributed by atoms with Gasteiger partial charge in [0.25, 0.3) is 0 Å². The second kappa shape index (κ2) is 5.19. The van der Waals surface area contributed by atoms with Crippen molar-refractivity contribution in [3.05, 3.63) is 46.6 Å². The number of hydrogen-bond donors (Lipinski definition) is 1. The van der Waals surface area contributed by atoms with E-state index in [0.717, 1.165) is 21.5 Å². The van der Waals surface area contributed by atoms with E-state index in [9.17, 15) is 0 Å². The van der Waals surface area contributed by atoms with Gasteiger partial charge in [-0.15, -0.1) is 0 Å². The fraction of sp³-hybridized carbons (Fsp3) is 0.154. The van der Waals surface area contributed by atoms with Crippen molar-refractivity contribution >= 4 is 21.6 Å². The molecule has 1 aromatic heterocycles. The van der Waals surface area contributed by atoms with Crippen LogP contribution in [0.25, 0.3) is 0 Å². The monoisotopic (exact) mass is 292 g/mol. The Hall–Kier alpha value is -1.55. The standard InChI is InChI=1S/C13H13BrN2O/c1-9-7-8-16-13(12(9)14)17-11-5-3-10(15-2)4-6-11/h3-8,15H,1-2H3. The first-order chi connectivity index (χ1) is 8.20. The summed E-state index contributed by atoms with van der Waals surface area (Å²) >= 11 is 3.47. The topological polar surface area (TPSA) is 34.1 Å². The molecule has 0 fully saturated rings. The molecule has 0 bridgehead atoms. The molecule has 1 aromatic carbocycles. The van der Waals surface area contributed by atoms with Crippen LogP contribution in [0.1, 0.15) is 5.56 Å². The molecule has 0 unspecified atom stereocenters. The van der Waals surface area contributed by atoms with Crippen molar-refractivity contribution in [1.82, 2.24) is 4.98 Å². The van der Waals surface area contributed by atoms with Crippen LogP contribution in [-0.4, -0.2) is 12.0 Å². The Kier molecular flexibility index (Phi) is 3.64. The minimum absolute atomic E-state index is 0.585. The summed E-state index contributed by atoms with van der Waals surface area (Å²) in [5.41, 5.74) is 2.15. The minimum atomic E-state index is 0.585. The molecule has 0 spiro atoms. The van der Waals surface area contributed by atoms with Crippen molar-refractivity contribution < 1.29 is 4.74 Å². The van der Waals surface area contributed by atoms with Crippen molar-refractivity contribution in [3.8, 4) is 11.6 Å². The molecule has 0 atom stereocenters. The number of nitrogens with one attached hydrogen (secondary N) is 1. The van der Waals surface area contributed by atoms with Crippen molar-refractivity contribution in [1.29, 1.82) is 0 Å². The van der Waals surface area contributed by atoms with Crippen LogP contribution in [0.3, 0.4) is 0 Å². The number of aromatic nitrogens is 1. The number of hydrogen-bond acceptors (Lipinski definition) is 3. The van der Waals surface area contributed by atoms with Gasteiger partial charge in [0.1, 0.15) is 5.75 Å². The van der Waals surface area contributed by atoms with Crippen molar-refractivity contribution in [2.75, 3.05) is 12.4 Å². The highest BCUT2D eigenvalue weighted by Gasteiger charge is 2.06. The molecule has 0 saturated heterocycles. The lowest BCUT2D eigenvalue weighted by atomic mass is 10.3. The summed E-state index contributed by atoms with van der Waals surface area (Å²) in [6.07, 6.45) is 1.73. The molecule has 4 heteroatoms. The average molecular weight is 293 g/mol. The lowest BCUT2D eigenvalue weighted by Crippen LogP contribution is -1.91. The first kappa shape index (κ1) is 11.9. The van der Waals surface area contributed by atoms with Gasteiger partial charge in [0, 0.05) is 18.9 Å². The van der Waals surface area contributed by atoms with Crippen LogP contribution in [0.4, 0.5) is 5.69 Å². The number of anilines is 1. The van der Waals surface area contributed by atoms with E-state index in [1.54, 1.807) is 6.20 Å². The molecular formula is C13H13BrN2O. The first-order valence-electron chi connectivity index (χ1n) is 5.27. The molecule has 17 heavy (non-hydrogen) atoms. The van der Waals surface area contributed by atoms with Gasteiger partial charge in [-0.3, -0.25) is 0 Å². The minimum Gasteiger partial charge on any atom is -0.438 e. The Labute approximate surface area is 109 Å². The van der Waals surface area contributed by atoms with Gasteiger partial charge in [-0.25, -0.2) is 4.98 Å². The van der Waals surface area contributed by atoms with E-state index >= 15 is 0 Å². The van der Waals surface area contributed by atoms with E-state index in [1.165, 1.54) is 0 Å². The second-order valence-electron chi connectivity index (χ2n) is 3.62. The number of ether oxygens (including phenoxy) is 1. The first-order valence-corrected chi connectivity index (χ1v) is 6.07. The summed E-state index contributed by atoms with van der Waals surface area (Å²) in [4.78, 5) is 4.19. The van der Waals surface area contributed by atoms with E-state index in [-0.39, 0.29) is 0 Å². The van der Waals surface area contributed by atoms with Crippen LogP contribution in [0.5, 0.6) is 11.6 Å². The lowest BCUT2D eigenvalue weighted by molar-refractivity contribution is 0.459. The summed E-state index contributed by atoms with van der Waals surface area (Å²) < 4.78 is 6.59. The maximum absolute atomic E-state index is 5.70. The van der Waals surface area contributed by atoms with Crippen molar-refractivity contribution in [2.24, 2.45) is 0 Å². The van der Waals surface area contributed by atoms with E-state index < -0.39 is 0 Å². The SMILES string of the molecule is CNc1ccc(Oc2nccc(C)c2Br)cc1. The Bertz CT molecular complexity index is 511. The molecular weight excluding hydrogens is 280 g/mol. The van der Waals surface area contributed by atoms with Gasteiger partial charge >= 0.3 is 0 Å². The molecule has 1 heterocycles. The predicted molar refractivity (Wildman–Crippen MR) is 72.7 cm³/mol. The molecule has 0 aliphatic carbocycles. The Balaban J connectivity index is 2.22. The van der Waals surface area contributed by atoms with Gasteiger partial charge < -0.3 is 10.1 Å². The number of pyridine rings is 1. The molecule has 0 amide bonds. The fourth-order valence-corrected chi connectivity index (χ4v) is 1.70. The molecule has 88 valence electrons. The largest absolute Gasteiger partial charge is 0.438 e. The number of nitrogens with zero attached hydrogens (tertiary/aromatic N) is 1. The predicted octanol–water partition coefficient (Wildman–Crippen LogP) is 3.99. The van der Waals surface area contributed by atoms with Crippen LogP contribution in [-0.2, 0) is 0 Å². The van der Waals surface area contributed by atoms with Gasteiger partial charge in [0.15, 0.2) is 0 Å². The second-order valence-corrected chi connectivity index (χ2v) is 4.42. The number of aryl methyl sites for hydroxylation is 1. The van der Waals surface area contributed by atoms with Crippen LogP contribution in [0.15, 0.2) is 41.0 Å². The smallest absolute Gasteiger partial charge is 0.233 e. The molecule has 3 nitrogen and oxygen atoms in total. The zero-order valence-electron chi connectivity index (χ0n) is 9.70. The Morgan fingerprint density at radius 2 is 1.88 bits per heavy atom. The molecule has 0 saturated carbocycles. The summed E-state index contributed by atoms with van der Waals surface area (Å²) in [6.45, 7) is 2.00. The highest BCUT2D eigenvalue weighted by molar-refractivity contribution is 9.10. The number of benzene rings is 1. The van der Waals surface area contributed by atoms with Gasteiger partial charge in [-0.1, -0.05) is 0 Å². The lowest BCUT2D eigenvalue weighted by Gasteiger charge is -2.08. The van der Waals surface area contributed by atoms with Crippen LogP contribution in [0.2, 0.25) is 0 Å². The third-order valence-electron chi connectivity index (χ3n) is 2.41. The van der Waals surface area contributed by atoms with Gasteiger partial charge in [-0.2, -0.15) is 0 Å². The van der Waals surface area contributed by atoms with Crippen molar-refractivity contribution in [3.63, 3.8) is 0 Å². The zero-order valence-corrected chi connectivity index (χ0v) is 11.3. The quantitative estimate of drug-likeness (QED) is 0.929. The fourth-order valence-electron chi connectivity index (χ4n) is 1.39. The van der Waals surface area contributed by atoms with Gasteiger partial charge in [-0.05, 0) is 58.7 Å². The number of halogens is 1. The summed E-state index contributed by atoms with van der Waals surface area (Å²) in [6, 6.07) is 9.66. The van der Waals surface area contributed by atoms with Crippen molar-refractivity contribution in [2.45, 2.75) is 6.92 Å². The van der Waals surface area contributed by atoms with Crippen LogP contribution >= 0.6 is 15.9 Å². The molecule has 2 rings (SSSR count). The Morgan fingerprint density at radius 1 is 1.18 bits per heavy atom. The maximum atomic E-state index is 5.70. The van der Waals surface area contributed by atoms with Gasteiger partial charge in [0.05, 0.1) is 4.47 Å².